The second-order valence-electron chi connectivity index (χ2n) is 18.1. The zero-order chi connectivity index (χ0) is 45.5. The number of benzene rings is 9. The molecule has 7 heteroatoms. The Labute approximate surface area is 405 Å². The van der Waals surface area contributed by atoms with Gasteiger partial charge < -0.3 is 0 Å². The SMILES string of the molecule is c1ccc([Si](c2ccccc2)(c2cccc(-n3c4ncccc4c4ccc5c(c43)Sc3ccccc3[Si]5(c3ccccc3)c3ccccc3)c2)c2ccc3c4ccccc4n4ccnc4c3c2)cc1. The van der Waals surface area contributed by atoms with Crippen molar-refractivity contribution in [3.8, 4) is 5.69 Å². The average molecular weight is 931 g/mol. The third kappa shape index (κ3) is 5.75. The number of para-hydroxylation sites is 1. The lowest BCUT2D eigenvalue weighted by atomic mass is 10.1. The molecule has 0 saturated heterocycles. The summed E-state index contributed by atoms with van der Waals surface area (Å²) < 4.78 is 4.73. The number of rotatable bonds is 7. The molecule has 1 aliphatic heterocycles. The molecule has 1 aliphatic rings. The second-order valence-corrected chi connectivity index (χ2v) is 26.7. The molecule has 0 N–H and O–H groups in total. The first-order valence-corrected chi connectivity index (χ1v) is 28.4. The minimum Gasteiger partial charge on any atom is -0.299 e. The highest BCUT2D eigenvalue weighted by Gasteiger charge is 2.48. The van der Waals surface area contributed by atoms with Crippen LogP contribution in [-0.4, -0.2) is 35.1 Å². The van der Waals surface area contributed by atoms with Crippen LogP contribution in [0.5, 0.6) is 0 Å². The zero-order valence-corrected chi connectivity index (χ0v) is 40.3. The molecule has 4 nitrogen and oxygen atoms in total. The summed E-state index contributed by atoms with van der Waals surface area (Å²) in [7, 11) is -5.94. The first-order chi connectivity index (χ1) is 34.2. The number of imidazole rings is 1. The van der Waals surface area contributed by atoms with Crippen LogP contribution in [0.2, 0.25) is 0 Å². The van der Waals surface area contributed by atoms with Gasteiger partial charge in [-0.25, -0.2) is 9.97 Å². The molecule has 0 amide bonds. The Hall–Kier alpha value is -8.08. The molecule has 0 bridgehead atoms. The zero-order valence-electron chi connectivity index (χ0n) is 37.4. The minimum absolute atomic E-state index is 0.954. The van der Waals surface area contributed by atoms with Crippen molar-refractivity contribution in [1.82, 2.24) is 18.9 Å². The molecule has 0 saturated carbocycles. The summed E-state index contributed by atoms with van der Waals surface area (Å²) in [5, 5.41) is 16.7. The minimum atomic E-state index is -3.09. The van der Waals surface area contributed by atoms with E-state index >= 15 is 0 Å². The van der Waals surface area contributed by atoms with E-state index < -0.39 is 16.1 Å². The highest BCUT2D eigenvalue weighted by molar-refractivity contribution is 8.00. The molecule has 14 rings (SSSR count). The molecule has 69 heavy (non-hydrogen) atoms. The van der Waals surface area contributed by atoms with E-state index in [0.717, 1.165) is 33.3 Å². The molecule has 5 heterocycles. The molecule has 13 aromatic rings. The molecule has 0 fully saturated rings. The van der Waals surface area contributed by atoms with Crippen LogP contribution in [0.25, 0.3) is 54.9 Å². The van der Waals surface area contributed by atoms with Crippen molar-refractivity contribution in [2.45, 2.75) is 9.79 Å². The van der Waals surface area contributed by atoms with E-state index in [2.05, 4.69) is 252 Å². The molecule has 0 unspecified atom stereocenters. The largest absolute Gasteiger partial charge is 0.299 e. The van der Waals surface area contributed by atoms with Gasteiger partial charge in [0.05, 0.1) is 11.0 Å². The van der Waals surface area contributed by atoms with E-state index in [1.54, 1.807) is 0 Å². The number of aromatic nitrogens is 4. The van der Waals surface area contributed by atoms with E-state index in [1.165, 1.54) is 73.0 Å². The molecule has 9 aromatic carbocycles. The van der Waals surface area contributed by atoms with Gasteiger partial charge in [0.2, 0.25) is 0 Å². The monoisotopic (exact) mass is 930 g/mol. The van der Waals surface area contributed by atoms with Gasteiger partial charge in [-0.1, -0.05) is 212 Å². The number of fused-ring (bicyclic) bond motifs is 12. The van der Waals surface area contributed by atoms with Crippen LogP contribution in [0.3, 0.4) is 0 Å². The number of hydrogen-bond donors (Lipinski definition) is 0. The molecular weight excluding hydrogens is 889 g/mol. The van der Waals surface area contributed by atoms with Gasteiger partial charge in [-0.05, 0) is 83.3 Å². The summed E-state index contributed by atoms with van der Waals surface area (Å²) in [6.07, 6.45) is 5.97. The second kappa shape index (κ2) is 15.8. The van der Waals surface area contributed by atoms with Crippen molar-refractivity contribution >= 4 is 119 Å². The lowest BCUT2D eigenvalue weighted by Gasteiger charge is -2.40. The summed E-state index contributed by atoms with van der Waals surface area (Å²) in [6, 6.07) is 88.9. The third-order valence-corrected chi connectivity index (χ3v) is 25.9. The predicted octanol–water partition coefficient (Wildman–Crippen LogP) is 9.35. The summed E-state index contributed by atoms with van der Waals surface area (Å²) >= 11 is 1.92. The molecule has 0 radical (unpaired) electrons. The highest BCUT2D eigenvalue weighted by atomic mass is 32.2. The molecule has 0 aliphatic carbocycles. The molecule has 4 aromatic heterocycles. The Morgan fingerprint density at radius 1 is 0.406 bits per heavy atom. The van der Waals surface area contributed by atoms with Gasteiger partial charge in [0.15, 0.2) is 16.1 Å². The lowest BCUT2D eigenvalue weighted by Crippen LogP contribution is -2.76. The average Bonchev–Trinajstić information content (AvgIpc) is 4.06. The van der Waals surface area contributed by atoms with E-state index in [9.17, 15) is 0 Å². The fourth-order valence-electron chi connectivity index (χ4n) is 11.9. The molecule has 0 atom stereocenters. The Kier molecular flexibility index (Phi) is 9.14. The Bertz CT molecular complexity index is 4040. The van der Waals surface area contributed by atoms with Crippen molar-refractivity contribution in [2.24, 2.45) is 0 Å². The number of nitrogens with zero attached hydrogens (tertiary/aromatic N) is 4. The molecule has 324 valence electrons. The van der Waals surface area contributed by atoms with Gasteiger partial charge in [0.1, 0.15) is 11.3 Å². The maximum absolute atomic E-state index is 5.26. The Morgan fingerprint density at radius 3 is 1.77 bits per heavy atom. The van der Waals surface area contributed by atoms with Gasteiger partial charge in [0.25, 0.3) is 0 Å². The van der Waals surface area contributed by atoms with Crippen LogP contribution in [0.1, 0.15) is 0 Å². The number of hydrogen-bond acceptors (Lipinski definition) is 3. The first-order valence-electron chi connectivity index (χ1n) is 23.6. The summed E-state index contributed by atoms with van der Waals surface area (Å²) in [5.41, 5.74) is 5.37. The topological polar surface area (TPSA) is 35.1 Å². The van der Waals surface area contributed by atoms with Gasteiger partial charge in [-0.2, -0.15) is 0 Å². The van der Waals surface area contributed by atoms with E-state index in [-0.39, 0.29) is 0 Å². The van der Waals surface area contributed by atoms with Crippen LogP contribution < -0.4 is 41.5 Å². The molecule has 0 spiro atoms. The van der Waals surface area contributed by atoms with E-state index in [0.29, 0.717) is 0 Å². The van der Waals surface area contributed by atoms with Crippen LogP contribution in [0, 0.1) is 0 Å². The summed E-state index contributed by atoms with van der Waals surface area (Å²) in [4.78, 5) is 12.9. The van der Waals surface area contributed by atoms with Crippen molar-refractivity contribution in [3.63, 3.8) is 0 Å². The maximum atomic E-state index is 5.26. The van der Waals surface area contributed by atoms with Crippen molar-refractivity contribution < 1.29 is 0 Å². The van der Waals surface area contributed by atoms with Crippen molar-refractivity contribution in [3.05, 3.63) is 255 Å². The highest BCUT2D eigenvalue weighted by Crippen LogP contribution is 2.42. The quantitative estimate of drug-likeness (QED) is 0.0909. The van der Waals surface area contributed by atoms with Crippen LogP contribution in [-0.2, 0) is 0 Å². The van der Waals surface area contributed by atoms with Gasteiger partial charge in [-0.15, -0.1) is 0 Å². The first kappa shape index (κ1) is 40.0. The van der Waals surface area contributed by atoms with Gasteiger partial charge in [-0.3, -0.25) is 8.97 Å². The van der Waals surface area contributed by atoms with Gasteiger partial charge >= 0.3 is 0 Å². The van der Waals surface area contributed by atoms with Crippen molar-refractivity contribution in [2.75, 3.05) is 0 Å². The van der Waals surface area contributed by atoms with Crippen molar-refractivity contribution in [1.29, 1.82) is 0 Å². The smallest absolute Gasteiger partial charge is 0.181 e. The fourth-order valence-corrected chi connectivity index (χ4v) is 23.8. The molecular formula is C62H42N4SSi2. The van der Waals surface area contributed by atoms with Crippen LogP contribution >= 0.6 is 11.8 Å². The Balaban J connectivity index is 1.09. The van der Waals surface area contributed by atoms with Gasteiger partial charge in [0, 0.05) is 55.6 Å². The van der Waals surface area contributed by atoms with Crippen LogP contribution in [0.15, 0.2) is 265 Å². The summed E-state index contributed by atoms with van der Waals surface area (Å²) in [6.45, 7) is 0. The standard InChI is InChI=1S/C62H42N4SSi2/c1-5-20-44(21-6-1)68(45-22-7-2-8-23-45,49-34-35-50-51-29-13-14-31-55(51)65-40-39-64-61(65)54(50)42-49)48-28-17-19-43(41-48)66-59-52(53-30-18-38-63-62(53)66)36-37-58-60(59)67-56-32-15-16-33-57(56)69(58,46-24-9-3-10-25-46)47-26-11-4-12-27-47/h1-42H. The Morgan fingerprint density at radius 2 is 1.01 bits per heavy atom. The maximum Gasteiger partial charge on any atom is 0.181 e. The summed E-state index contributed by atoms with van der Waals surface area (Å²) in [5.74, 6) is 0. The van der Waals surface area contributed by atoms with E-state index in [4.69, 9.17) is 9.97 Å². The normalized spacial score (nSPS) is 13.3. The predicted molar refractivity (Wildman–Crippen MR) is 294 cm³/mol. The number of pyridine rings is 2. The third-order valence-electron chi connectivity index (χ3n) is 14.7. The van der Waals surface area contributed by atoms with E-state index in [1.807, 2.05) is 24.2 Å². The van der Waals surface area contributed by atoms with Crippen LogP contribution in [0.4, 0.5) is 0 Å². The fraction of sp³-hybridized carbons (Fsp3) is 0. The lowest BCUT2D eigenvalue weighted by molar-refractivity contribution is 1.12.